The minimum atomic E-state index is -0.701. The van der Waals surface area contributed by atoms with Crippen molar-refractivity contribution in [3.05, 3.63) is 57.6 Å². The van der Waals surface area contributed by atoms with Crippen molar-refractivity contribution in [3.63, 3.8) is 0 Å². The zero-order valence-corrected chi connectivity index (χ0v) is 16.9. The van der Waals surface area contributed by atoms with Crippen molar-refractivity contribution in [2.45, 2.75) is 33.7 Å². The van der Waals surface area contributed by atoms with Crippen molar-refractivity contribution in [2.75, 3.05) is 11.9 Å². The van der Waals surface area contributed by atoms with Crippen LogP contribution in [0.5, 0.6) is 5.75 Å². The van der Waals surface area contributed by atoms with Crippen molar-refractivity contribution in [2.24, 2.45) is 0 Å². The Morgan fingerprint density at radius 3 is 2.50 bits per heavy atom. The summed E-state index contributed by atoms with van der Waals surface area (Å²) in [6.45, 7) is 8.09. The summed E-state index contributed by atoms with van der Waals surface area (Å²) in [5.41, 5.74) is 3.37. The Labute approximate surface area is 162 Å². The number of hydrogen-bond donors (Lipinski definition) is 2. The molecule has 0 saturated carbocycles. The molecule has 0 saturated heterocycles. The molecule has 0 fully saturated rings. The quantitative estimate of drug-likeness (QED) is 0.711. The Morgan fingerprint density at radius 1 is 1.12 bits per heavy atom. The highest BCUT2D eigenvalue weighted by molar-refractivity contribution is 9.10. The fraction of sp³-hybridized carbons (Fsp3) is 0.300. The average Bonchev–Trinajstić information content (AvgIpc) is 2.58. The van der Waals surface area contributed by atoms with Gasteiger partial charge < -0.3 is 15.4 Å². The molecule has 0 aliphatic rings. The number of ether oxygens (including phenoxy) is 1. The van der Waals surface area contributed by atoms with Gasteiger partial charge in [-0.25, -0.2) is 0 Å². The fourth-order valence-corrected chi connectivity index (χ4v) is 3.06. The third-order valence-electron chi connectivity index (χ3n) is 3.92. The van der Waals surface area contributed by atoms with Crippen molar-refractivity contribution in [3.8, 4) is 5.75 Å². The standard InChI is InChI=1S/C20H23BrN2O3/c1-5-26-18-9-6-12(2)10-16(18)14(4)22-19(24)20(25)23-17-8-7-15(21)11-13(17)3/h6-11,14H,5H2,1-4H3,(H,22,24)(H,23,25). The maximum Gasteiger partial charge on any atom is 0.313 e. The SMILES string of the molecule is CCOc1ccc(C)cc1C(C)NC(=O)C(=O)Nc1ccc(Br)cc1C. The second-order valence-corrected chi connectivity index (χ2v) is 7.00. The normalized spacial score (nSPS) is 11.6. The highest BCUT2D eigenvalue weighted by atomic mass is 79.9. The predicted molar refractivity (Wildman–Crippen MR) is 106 cm³/mol. The van der Waals surface area contributed by atoms with E-state index in [1.807, 2.05) is 58.0 Å². The maximum absolute atomic E-state index is 12.3. The first-order valence-corrected chi connectivity index (χ1v) is 9.22. The van der Waals surface area contributed by atoms with Gasteiger partial charge in [-0.3, -0.25) is 9.59 Å². The van der Waals surface area contributed by atoms with E-state index in [0.29, 0.717) is 18.0 Å². The van der Waals surface area contributed by atoms with Gasteiger partial charge in [-0.2, -0.15) is 0 Å². The van der Waals surface area contributed by atoms with Crippen LogP contribution in [-0.4, -0.2) is 18.4 Å². The molecule has 0 spiro atoms. The van der Waals surface area contributed by atoms with E-state index in [-0.39, 0.29) is 6.04 Å². The minimum Gasteiger partial charge on any atom is -0.494 e. The molecule has 2 rings (SSSR count). The van der Waals surface area contributed by atoms with Crippen molar-refractivity contribution in [1.29, 1.82) is 0 Å². The summed E-state index contributed by atoms with van der Waals surface area (Å²) in [4.78, 5) is 24.5. The van der Waals surface area contributed by atoms with Gasteiger partial charge in [0.05, 0.1) is 12.6 Å². The molecule has 0 radical (unpaired) electrons. The first kappa shape index (κ1) is 20.0. The lowest BCUT2D eigenvalue weighted by molar-refractivity contribution is -0.136. The van der Waals surface area contributed by atoms with Crippen LogP contribution in [-0.2, 0) is 9.59 Å². The molecule has 5 nitrogen and oxygen atoms in total. The Kier molecular flexibility index (Phi) is 6.80. The molecular weight excluding hydrogens is 396 g/mol. The van der Waals surface area contributed by atoms with Crippen LogP contribution in [0.2, 0.25) is 0 Å². The fourth-order valence-electron chi connectivity index (χ4n) is 2.58. The first-order chi connectivity index (χ1) is 12.3. The number of benzene rings is 2. The topological polar surface area (TPSA) is 67.4 Å². The monoisotopic (exact) mass is 418 g/mol. The molecule has 138 valence electrons. The minimum absolute atomic E-state index is 0.360. The summed E-state index contributed by atoms with van der Waals surface area (Å²) in [6.07, 6.45) is 0. The van der Waals surface area contributed by atoms with E-state index in [1.165, 1.54) is 0 Å². The number of hydrogen-bond acceptors (Lipinski definition) is 3. The molecule has 2 N–H and O–H groups in total. The summed E-state index contributed by atoms with van der Waals surface area (Å²) in [7, 11) is 0. The van der Waals surface area contributed by atoms with Crippen molar-refractivity contribution < 1.29 is 14.3 Å². The number of halogens is 1. The van der Waals surface area contributed by atoms with Crippen molar-refractivity contribution >= 4 is 33.4 Å². The van der Waals surface area contributed by atoms with Gasteiger partial charge in [-0.15, -0.1) is 0 Å². The van der Waals surface area contributed by atoms with Gasteiger partial charge in [0.1, 0.15) is 5.75 Å². The average molecular weight is 419 g/mol. The van der Waals surface area contributed by atoms with E-state index < -0.39 is 11.8 Å². The molecule has 1 unspecified atom stereocenters. The highest BCUT2D eigenvalue weighted by Gasteiger charge is 2.20. The molecule has 0 bridgehead atoms. The third-order valence-corrected chi connectivity index (χ3v) is 4.42. The molecule has 2 amide bonds. The van der Waals surface area contributed by atoms with Crippen molar-refractivity contribution in [1.82, 2.24) is 5.32 Å². The van der Waals surface area contributed by atoms with Crippen LogP contribution in [0.15, 0.2) is 40.9 Å². The van der Waals surface area contributed by atoms with E-state index in [9.17, 15) is 9.59 Å². The lowest BCUT2D eigenvalue weighted by Gasteiger charge is -2.18. The van der Waals surface area contributed by atoms with Crippen LogP contribution >= 0.6 is 15.9 Å². The van der Waals surface area contributed by atoms with Gasteiger partial charge in [-0.1, -0.05) is 33.6 Å². The second-order valence-electron chi connectivity index (χ2n) is 6.08. The summed E-state index contributed by atoms with van der Waals surface area (Å²) in [5, 5.41) is 5.37. The third kappa shape index (κ3) is 5.08. The van der Waals surface area contributed by atoms with Crippen LogP contribution in [0.25, 0.3) is 0 Å². The number of aryl methyl sites for hydroxylation is 2. The summed E-state index contributed by atoms with van der Waals surface area (Å²) >= 11 is 3.37. The van der Waals surface area contributed by atoms with Gasteiger partial charge in [0, 0.05) is 15.7 Å². The van der Waals surface area contributed by atoms with Crippen LogP contribution < -0.4 is 15.4 Å². The summed E-state index contributed by atoms with van der Waals surface area (Å²) < 4.78 is 6.53. The number of nitrogens with one attached hydrogen (secondary N) is 2. The van der Waals surface area contributed by atoms with E-state index in [1.54, 1.807) is 6.07 Å². The van der Waals surface area contributed by atoms with E-state index in [4.69, 9.17) is 4.74 Å². The lowest BCUT2D eigenvalue weighted by atomic mass is 10.0. The van der Waals surface area contributed by atoms with E-state index in [2.05, 4.69) is 26.6 Å². The van der Waals surface area contributed by atoms with Gasteiger partial charge in [0.15, 0.2) is 0 Å². The number of carbonyl (C=O) groups is 2. The van der Waals surface area contributed by atoms with Gasteiger partial charge in [0.2, 0.25) is 0 Å². The number of amides is 2. The number of rotatable bonds is 5. The molecule has 26 heavy (non-hydrogen) atoms. The Bertz CT molecular complexity index is 821. The van der Waals surface area contributed by atoms with Crippen LogP contribution in [0, 0.1) is 13.8 Å². The van der Waals surface area contributed by atoms with Crippen LogP contribution in [0.4, 0.5) is 5.69 Å². The molecule has 0 aliphatic heterocycles. The molecule has 6 heteroatoms. The van der Waals surface area contributed by atoms with Gasteiger partial charge in [-0.05, 0) is 57.5 Å². The highest BCUT2D eigenvalue weighted by Crippen LogP contribution is 2.26. The molecule has 0 heterocycles. The Morgan fingerprint density at radius 2 is 1.85 bits per heavy atom. The maximum atomic E-state index is 12.3. The second kappa shape index (κ2) is 8.85. The molecule has 2 aromatic carbocycles. The molecule has 0 aliphatic carbocycles. The number of anilines is 1. The zero-order valence-electron chi connectivity index (χ0n) is 15.4. The first-order valence-electron chi connectivity index (χ1n) is 8.43. The van der Waals surface area contributed by atoms with Gasteiger partial charge in [0.25, 0.3) is 0 Å². The van der Waals surface area contributed by atoms with Crippen LogP contribution in [0.3, 0.4) is 0 Å². The Hall–Kier alpha value is -2.34. The summed E-state index contributed by atoms with van der Waals surface area (Å²) in [6, 6.07) is 10.9. The summed E-state index contributed by atoms with van der Waals surface area (Å²) in [5.74, 6) is -0.688. The van der Waals surface area contributed by atoms with Gasteiger partial charge >= 0.3 is 11.8 Å². The zero-order chi connectivity index (χ0) is 19.3. The predicted octanol–water partition coefficient (Wildman–Crippen LogP) is 4.28. The smallest absolute Gasteiger partial charge is 0.313 e. The Balaban J connectivity index is 2.09. The molecular formula is C20H23BrN2O3. The van der Waals surface area contributed by atoms with E-state index >= 15 is 0 Å². The lowest BCUT2D eigenvalue weighted by Crippen LogP contribution is -2.37. The van der Waals surface area contributed by atoms with Crippen LogP contribution in [0.1, 0.15) is 36.6 Å². The molecule has 1 atom stereocenters. The largest absolute Gasteiger partial charge is 0.494 e. The number of carbonyl (C=O) groups excluding carboxylic acids is 2. The molecule has 0 aromatic heterocycles. The molecule has 2 aromatic rings. The van der Waals surface area contributed by atoms with E-state index in [0.717, 1.165) is 21.2 Å².